The first-order valence-corrected chi connectivity index (χ1v) is 14.4. The van der Waals surface area contributed by atoms with Gasteiger partial charge in [-0.1, -0.05) is 0 Å². The van der Waals surface area contributed by atoms with Crippen LogP contribution >= 0.6 is 67.8 Å². The van der Waals surface area contributed by atoms with Crippen molar-refractivity contribution in [3.8, 4) is 0 Å². The summed E-state index contributed by atoms with van der Waals surface area (Å²) < 4.78 is 21.2. The fraction of sp³-hybridized carbons (Fsp3) is 0.478. The van der Waals surface area contributed by atoms with Gasteiger partial charge in [0.05, 0.1) is 37.0 Å². The van der Waals surface area contributed by atoms with Crippen LogP contribution in [0.2, 0.25) is 0 Å². The minimum absolute atomic E-state index is 0.106. The summed E-state index contributed by atoms with van der Waals surface area (Å²) in [6.07, 6.45) is -1.86. The van der Waals surface area contributed by atoms with Crippen LogP contribution in [0.5, 0.6) is 0 Å². The molecule has 0 aliphatic heterocycles. The second kappa shape index (κ2) is 16.3. The van der Waals surface area contributed by atoms with Crippen LogP contribution in [0.15, 0.2) is 0 Å². The summed E-state index contributed by atoms with van der Waals surface area (Å²) >= 11 is 5.68. The Kier molecular flexibility index (Phi) is 14.7. The number of nitrogens with one attached hydrogen (secondary N) is 1. The topological polar surface area (TPSA) is 181 Å². The lowest BCUT2D eigenvalue weighted by atomic mass is 10.1. The summed E-state index contributed by atoms with van der Waals surface area (Å²) in [6.45, 7) is 3.99. The number of likely N-dealkylation sites (N-methyl/N-ethyl adjacent to an activating group) is 1. The summed E-state index contributed by atoms with van der Waals surface area (Å²) in [6, 6.07) is 0. The number of nitrogens with two attached hydrogens (primary N) is 1. The van der Waals surface area contributed by atoms with E-state index in [1.165, 1.54) is 39.6 Å². The van der Waals surface area contributed by atoms with Crippen LogP contribution in [0, 0.1) is 10.7 Å². The molecule has 2 atom stereocenters. The number of carbonyl (C=O) groups excluding carboxylic acids is 6. The van der Waals surface area contributed by atoms with Gasteiger partial charge in [0.15, 0.2) is 12.2 Å². The summed E-state index contributed by atoms with van der Waals surface area (Å²) in [4.78, 5) is 73.2. The number of anilines is 1. The second-order valence-electron chi connectivity index (χ2n) is 8.07. The molecule has 0 aliphatic carbocycles. The number of carbonyl (C=O) groups is 6. The summed E-state index contributed by atoms with van der Waals surface area (Å²) in [5.41, 5.74) is 6.72. The lowest BCUT2D eigenvalue weighted by Crippen LogP contribution is -2.40. The molecule has 0 heterocycles. The second-order valence-corrected chi connectivity index (χ2v) is 11.3. The molecule has 1 rings (SSSR count). The van der Waals surface area contributed by atoms with Crippen LogP contribution in [0.3, 0.4) is 0 Å². The molecule has 13 nitrogen and oxygen atoms in total. The van der Waals surface area contributed by atoms with E-state index < -0.39 is 47.9 Å². The Morgan fingerprint density at radius 2 is 1.23 bits per heavy atom. The van der Waals surface area contributed by atoms with E-state index in [2.05, 4.69) is 5.32 Å². The van der Waals surface area contributed by atoms with Crippen LogP contribution in [0.25, 0.3) is 0 Å². The van der Waals surface area contributed by atoms with Crippen molar-refractivity contribution in [2.24, 2.45) is 0 Å². The Labute approximate surface area is 265 Å². The maximum Gasteiger partial charge on any atom is 0.303 e. The van der Waals surface area contributed by atoms with Crippen molar-refractivity contribution in [2.45, 2.75) is 39.9 Å². The molecule has 216 valence electrons. The predicted molar refractivity (Wildman–Crippen MR) is 163 cm³/mol. The highest BCUT2D eigenvalue weighted by Gasteiger charge is 2.30. The molecule has 39 heavy (non-hydrogen) atoms. The molecule has 0 fully saturated rings. The third-order valence-electron chi connectivity index (χ3n) is 4.72. The van der Waals surface area contributed by atoms with Gasteiger partial charge in [-0.3, -0.25) is 28.8 Å². The zero-order valence-electron chi connectivity index (χ0n) is 21.7. The first-order chi connectivity index (χ1) is 18.1. The number of rotatable bonds is 12. The van der Waals surface area contributed by atoms with Crippen molar-refractivity contribution >= 4 is 109 Å². The zero-order valence-corrected chi connectivity index (χ0v) is 28.2. The van der Waals surface area contributed by atoms with E-state index in [1.54, 1.807) is 0 Å². The van der Waals surface area contributed by atoms with E-state index >= 15 is 0 Å². The molecule has 2 amide bonds. The average molecular weight is 887 g/mol. The van der Waals surface area contributed by atoms with E-state index in [9.17, 15) is 28.8 Å². The zero-order chi connectivity index (χ0) is 30.0. The van der Waals surface area contributed by atoms with Crippen LogP contribution < -0.4 is 11.1 Å². The number of amides is 2. The summed E-state index contributed by atoms with van der Waals surface area (Å²) in [5, 5.41) is 2.63. The van der Waals surface area contributed by atoms with Crippen LogP contribution in [-0.4, -0.2) is 86.2 Å². The van der Waals surface area contributed by atoms with E-state index in [4.69, 9.17) is 24.7 Å². The third kappa shape index (κ3) is 11.2. The van der Waals surface area contributed by atoms with Gasteiger partial charge in [0.1, 0.15) is 13.2 Å². The van der Waals surface area contributed by atoms with Crippen LogP contribution in [0.1, 0.15) is 48.4 Å². The van der Waals surface area contributed by atoms with E-state index in [1.807, 2.05) is 67.8 Å². The minimum Gasteiger partial charge on any atom is -0.462 e. The molecule has 0 bridgehead atoms. The SMILES string of the molecule is CC(=O)OC[C@@H](CNC(=O)c1c(I)c(N)c(I)c(C(=O)N(C)C[C@H](COC(C)=O)OC(C)=O)c1I)OC(C)=O. The smallest absolute Gasteiger partial charge is 0.303 e. The Hall–Kier alpha value is -1.97. The van der Waals surface area contributed by atoms with Gasteiger partial charge in [-0.25, -0.2) is 0 Å². The predicted octanol–water partition coefficient (Wildman–Crippen LogP) is 1.87. The van der Waals surface area contributed by atoms with Crippen molar-refractivity contribution in [1.82, 2.24) is 10.2 Å². The average Bonchev–Trinajstić information content (AvgIpc) is 2.82. The standard InChI is InChI=1S/C23H28I3N3O10/c1-10(30)36-8-14(38-12(3)32)6-28-22(34)16-18(24)17(20(26)21(27)19(16)25)23(35)29(5)7-15(39-13(4)33)9-37-11(2)31/h14-15H,6-9,27H2,1-5H3,(H,28,34)/t14-,15-/m1/s1. The van der Waals surface area contributed by atoms with Gasteiger partial charge in [0, 0.05) is 38.3 Å². The number of benzene rings is 1. The quantitative estimate of drug-likeness (QED) is 0.136. The highest BCUT2D eigenvalue weighted by atomic mass is 127. The third-order valence-corrected chi connectivity index (χ3v) is 8.04. The van der Waals surface area contributed by atoms with Crippen molar-refractivity contribution in [3.05, 3.63) is 21.8 Å². The fourth-order valence-electron chi connectivity index (χ4n) is 3.09. The summed E-state index contributed by atoms with van der Waals surface area (Å²) in [5.74, 6) is -3.51. The first-order valence-electron chi connectivity index (χ1n) is 11.2. The van der Waals surface area contributed by atoms with Crippen LogP contribution in [-0.2, 0) is 38.1 Å². The van der Waals surface area contributed by atoms with Gasteiger partial charge in [-0.15, -0.1) is 0 Å². The Bertz CT molecular complexity index is 1150. The number of halogens is 3. The molecule has 0 spiro atoms. The number of hydrogen-bond donors (Lipinski definition) is 2. The highest BCUT2D eigenvalue weighted by Crippen LogP contribution is 2.34. The molecule has 3 N–H and O–H groups in total. The number of ether oxygens (including phenoxy) is 4. The lowest BCUT2D eigenvalue weighted by Gasteiger charge is -2.25. The van der Waals surface area contributed by atoms with Crippen molar-refractivity contribution in [1.29, 1.82) is 0 Å². The molecule has 0 aliphatic rings. The highest BCUT2D eigenvalue weighted by molar-refractivity contribution is 14.1. The maximum absolute atomic E-state index is 13.5. The molecule has 1 aromatic rings. The minimum atomic E-state index is -0.936. The van der Waals surface area contributed by atoms with Gasteiger partial charge in [-0.2, -0.15) is 0 Å². The van der Waals surface area contributed by atoms with Gasteiger partial charge in [-0.05, 0) is 67.8 Å². The van der Waals surface area contributed by atoms with Gasteiger partial charge >= 0.3 is 23.9 Å². The van der Waals surface area contributed by atoms with Gasteiger partial charge < -0.3 is 34.9 Å². The number of esters is 4. The Balaban J connectivity index is 3.27. The molecular formula is C23H28I3N3O10. The van der Waals surface area contributed by atoms with Crippen molar-refractivity contribution in [3.63, 3.8) is 0 Å². The van der Waals surface area contributed by atoms with Crippen molar-refractivity contribution in [2.75, 3.05) is 39.1 Å². The molecule has 16 heteroatoms. The van der Waals surface area contributed by atoms with Crippen LogP contribution in [0.4, 0.5) is 5.69 Å². The number of nitrogen functional groups attached to an aromatic ring is 1. The van der Waals surface area contributed by atoms with Crippen molar-refractivity contribution < 1.29 is 47.7 Å². The van der Waals surface area contributed by atoms with Gasteiger partial charge in [0.2, 0.25) is 0 Å². The molecule has 0 unspecified atom stereocenters. The summed E-state index contributed by atoms with van der Waals surface area (Å²) in [7, 11) is 1.46. The van der Waals surface area contributed by atoms with E-state index in [0.717, 1.165) is 0 Å². The van der Waals surface area contributed by atoms with Gasteiger partial charge in [0.25, 0.3) is 11.8 Å². The maximum atomic E-state index is 13.5. The van der Waals surface area contributed by atoms with E-state index in [-0.39, 0.29) is 43.1 Å². The molecule has 0 radical (unpaired) electrons. The molecule has 0 saturated carbocycles. The molecular weight excluding hydrogens is 859 g/mol. The van der Waals surface area contributed by atoms with E-state index in [0.29, 0.717) is 10.7 Å². The molecule has 1 aromatic carbocycles. The Morgan fingerprint density at radius 1 is 0.769 bits per heavy atom. The monoisotopic (exact) mass is 887 g/mol. The molecule has 0 saturated heterocycles. The number of hydrogen-bond acceptors (Lipinski definition) is 11. The first kappa shape index (κ1) is 35.1. The Morgan fingerprint density at radius 3 is 1.72 bits per heavy atom. The fourth-order valence-corrected chi connectivity index (χ4v) is 7.21. The lowest BCUT2D eigenvalue weighted by molar-refractivity contribution is -0.156. The molecule has 0 aromatic heterocycles. The largest absolute Gasteiger partial charge is 0.462 e. The normalized spacial score (nSPS) is 12.0. The number of nitrogens with zero attached hydrogens (tertiary/aromatic N) is 1.